The lowest BCUT2D eigenvalue weighted by atomic mass is 10.1. The minimum Gasteiger partial charge on any atom is -0.453 e. The summed E-state index contributed by atoms with van der Waals surface area (Å²) in [6.07, 6.45) is 10.5. The summed E-state index contributed by atoms with van der Waals surface area (Å²) in [5, 5.41) is 2.74. The molecule has 0 saturated carbocycles. The van der Waals surface area contributed by atoms with Gasteiger partial charge in [-0.3, -0.25) is 9.59 Å². The molecule has 0 aromatic heterocycles. The molecular formula is C21H33NO3. The van der Waals surface area contributed by atoms with Crippen LogP contribution in [0.15, 0.2) is 30.3 Å². The van der Waals surface area contributed by atoms with Gasteiger partial charge in [-0.15, -0.1) is 0 Å². The molecule has 0 aliphatic carbocycles. The molecule has 1 aromatic carbocycles. The number of nitrogens with one attached hydrogen (secondary N) is 1. The number of unbranched alkanes of at least 4 members (excludes halogenated alkanes) is 8. The van der Waals surface area contributed by atoms with Crippen molar-refractivity contribution in [3.8, 4) is 0 Å². The molecule has 0 aliphatic rings. The number of anilines is 1. The largest absolute Gasteiger partial charge is 0.453 e. The van der Waals surface area contributed by atoms with Crippen molar-refractivity contribution in [1.29, 1.82) is 0 Å². The summed E-state index contributed by atoms with van der Waals surface area (Å²) in [6.45, 7) is 3.83. The highest BCUT2D eigenvalue weighted by molar-refractivity contribution is 5.95. The Morgan fingerprint density at radius 2 is 1.48 bits per heavy atom. The van der Waals surface area contributed by atoms with E-state index in [9.17, 15) is 9.59 Å². The summed E-state index contributed by atoms with van der Waals surface area (Å²) in [6, 6.07) is 9.17. The van der Waals surface area contributed by atoms with Crippen molar-refractivity contribution in [3.63, 3.8) is 0 Å². The number of carbonyl (C=O) groups excluding carboxylic acids is 2. The summed E-state index contributed by atoms with van der Waals surface area (Å²) < 4.78 is 5.21. The van der Waals surface area contributed by atoms with Crippen LogP contribution in [0.25, 0.3) is 0 Å². The molecule has 1 N–H and O–H groups in total. The molecule has 1 aromatic rings. The Hall–Kier alpha value is -1.84. The lowest BCUT2D eigenvalue weighted by Gasteiger charge is -2.13. The number of ether oxygens (including phenoxy) is 1. The van der Waals surface area contributed by atoms with Gasteiger partial charge in [0.1, 0.15) is 0 Å². The maximum Gasteiger partial charge on any atom is 0.306 e. The maximum atomic E-state index is 12.0. The highest BCUT2D eigenvalue weighted by Gasteiger charge is 2.17. The molecule has 4 nitrogen and oxygen atoms in total. The minimum absolute atomic E-state index is 0.293. The Morgan fingerprint density at radius 3 is 2.08 bits per heavy atom. The second-order valence-corrected chi connectivity index (χ2v) is 6.57. The van der Waals surface area contributed by atoms with Gasteiger partial charge in [0.15, 0.2) is 6.10 Å². The zero-order valence-electron chi connectivity index (χ0n) is 15.8. The molecule has 1 rings (SSSR count). The molecule has 4 heteroatoms. The number of carbonyl (C=O) groups is 2. The van der Waals surface area contributed by atoms with Gasteiger partial charge in [0.2, 0.25) is 0 Å². The van der Waals surface area contributed by atoms with E-state index in [0.29, 0.717) is 12.1 Å². The molecule has 0 saturated heterocycles. The average Bonchev–Trinajstić information content (AvgIpc) is 2.61. The monoisotopic (exact) mass is 347 g/mol. The van der Waals surface area contributed by atoms with Crippen LogP contribution in [0.2, 0.25) is 0 Å². The van der Waals surface area contributed by atoms with Gasteiger partial charge in [-0.1, -0.05) is 76.5 Å². The van der Waals surface area contributed by atoms with Crippen molar-refractivity contribution >= 4 is 17.6 Å². The van der Waals surface area contributed by atoms with Crippen LogP contribution in [0.4, 0.5) is 5.69 Å². The van der Waals surface area contributed by atoms with E-state index in [-0.39, 0.29) is 11.9 Å². The SMILES string of the molecule is CCCCCCCCCCCC(=O)OC(C)C(=O)Nc1ccccc1. The van der Waals surface area contributed by atoms with Crippen molar-refractivity contribution in [2.45, 2.75) is 84.2 Å². The zero-order chi connectivity index (χ0) is 18.3. The van der Waals surface area contributed by atoms with E-state index in [0.717, 1.165) is 12.8 Å². The second-order valence-electron chi connectivity index (χ2n) is 6.57. The second kappa shape index (κ2) is 13.5. The van der Waals surface area contributed by atoms with Crippen molar-refractivity contribution in [1.82, 2.24) is 0 Å². The van der Waals surface area contributed by atoms with E-state index in [1.807, 2.05) is 18.2 Å². The molecular weight excluding hydrogens is 314 g/mol. The minimum atomic E-state index is -0.772. The number of esters is 1. The molecule has 0 aliphatic heterocycles. The number of hydrogen-bond donors (Lipinski definition) is 1. The molecule has 140 valence electrons. The number of benzene rings is 1. The van der Waals surface area contributed by atoms with E-state index in [1.165, 1.54) is 44.9 Å². The first-order valence-corrected chi connectivity index (χ1v) is 9.69. The van der Waals surface area contributed by atoms with Crippen LogP contribution < -0.4 is 5.32 Å². The van der Waals surface area contributed by atoms with Crippen molar-refractivity contribution in [2.24, 2.45) is 0 Å². The number of hydrogen-bond acceptors (Lipinski definition) is 3. The van der Waals surface area contributed by atoms with Crippen LogP contribution in [0.1, 0.15) is 78.1 Å². The third kappa shape index (κ3) is 10.6. The summed E-state index contributed by atoms with van der Waals surface area (Å²) in [5.74, 6) is -0.592. The summed E-state index contributed by atoms with van der Waals surface area (Å²) in [4.78, 5) is 23.8. The fraction of sp³-hybridized carbons (Fsp3) is 0.619. The Kier molecular flexibility index (Phi) is 11.4. The van der Waals surface area contributed by atoms with Crippen LogP contribution in [0.5, 0.6) is 0 Å². The normalized spacial score (nSPS) is 11.8. The Balaban J connectivity index is 2.06. The highest BCUT2D eigenvalue weighted by atomic mass is 16.5. The maximum absolute atomic E-state index is 12.0. The molecule has 0 bridgehead atoms. The molecule has 0 fully saturated rings. The molecule has 0 radical (unpaired) electrons. The van der Waals surface area contributed by atoms with Crippen LogP contribution in [-0.2, 0) is 14.3 Å². The predicted molar refractivity (Wildman–Crippen MR) is 102 cm³/mol. The predicted octanol–water partition coefficient (Wildman–Crippen LogP) is 5.48. The number of para-hydroxylation sites is 1. The fourth-order valence-electron chi connectivity index (χ4n) is 2.65. The quantitative estimate of drug-likeness (QED) is 0.380. The van der Waals surface area contributed by atoms with Gasteiger partial charge in [0, 0.05) is 12.1 Å². The van der Waals surface area contributed by atoms with Crippen LogP contribution in [0.3, 0.4) is 0 Å². The van der Waals surface area contributed by atoms with Crippen molar-refractivity contribution < 1.29 is 14.3 Å². The summed E-state index contributed by atoms with van der Waals surface area (Å²) in [7, 11) is 0. The Bertz CT molecular complexity index is 487. The topological polar surface area (TPSA) is 55.4 Å². The van der Waals surface area contributed by atoms with Crippen molar-refractivity contribution in [2.75, 3.05) is 5.32 Å². The highest BCUT2D eigenvalue weighted by Crippen LogP contribution is 2.11. The third-order valence-corrected chi connectivity index (χ3v) is 4.20. The average molecular weight is 347 g/mol. The van der Waals surface area contributed by atoms with Gasteiger partial charge in [-0.05, 0) is 25.5 Å². The molecule has 1 atom stereocenters. The first kappa shape index (κ1) is 21.2. The van der Waals surface area contributed by atoms with Gasteiger partial charge >= 0.3 is 5.97 Å². The molecule has 1 amide bonds. The van der Waals surface area contributed by atoms with Crippen molar-refractivity contribution in [3.05, 3.63) is 30.3 Å². The standard InChI is InChI=1S/C21H33NO3/c1-3-4-5-6-7-8-9-10-14-17-20(23)25-18(2)21(24)22-19-15-12-11-13-16-19/h11-13,15-16,18H,3-10,14,17H2,1-2H3,(H,22,24). The van der Waals surface area contributed by atoms with E-state index in [4.69, 9.17) is 4.74 Å². The molecule has 25 heavy (non-hydrogen) atoms. The van der Waals surface area contributed by atoms with Crippen LogP contribution >= 0.6 is 0 Å². The third-order valence-electron chi connectivity index (χ3n) is 4.20. The number of amides is 1. The van der Waals surface area contributed by atoms with Gasteiger partial charge < -0.3 is 10.1 Å². The summed E-state index contributed by atoms with van der Waals surface area (Å²) in [5.41, 5.74) is 0.703. The lowest BCUT2D eigenvalue weighted by Crippen LogP contribution is -2.29. The van der Waals surface area contributed by atoms with E-state index >= 15 is 0 Å². The molecule has 0 heterocycles. The Labute approximate surface area is 152 Å². The first-order valence-electron chi connectivity index (χ1n) is 9.69. The van der Waals surface area contributed by atoms with E-state index in [2.05, 4.69) is 12.2 Å². The van der Waals surface area contributed by atoms with Gasteiger partial charge in [-0.25, -0.2) is 0 Å². The van der Waals surface area contributed by atoms with Gasteiger partial charge in [0.05, 0.1) is 0 Å². The molecule has 0 spiro atoms. The van der Waals surface area contributed by atoms with Crippen LogP contribution in [-0.4, -0.2) is 18.0 Å². The fourth-order valence-corrected chi connectivity index (χ4v) is 2.65. The zero-order valence-corrected chi connectivity index (χ0v) is 15.8. The van der Waals surface area contributed by atoms with Crippen LogP contribution in [0, 0.1) is 0 Å². The van der Waals surface area contributed by atoms with Gasteiger partial charge in [-0.2, -0.15) is 0 Å². The molecule has 1 unspecified atom stereocenters. The number of rotatable bonds is 13. The van der Waals surface area contributed by atoms with E-state index < -0.39 is 6.10 Å². The first-order chi connectivity index (χ1) is 12.1. The van der Waals surface area contributed by atoms with E-state index in [1.54, 1.807) is 19.1 Å². The summed E-state index contributed by atoms with van der Waals surface area (Å²) >= 11 is 0. The Morgan fingerprint density at radius 1 is 0.920 bits per heavy atom. The smallest absolute Gasteiger partial charge is 0.306 e. The lowest BCUT2D eigenvalue weighted by molar-refractivity contribution is -0.153. The van der Waals surface area contributed by atoms with Gasteiger partial charge in [0.25, 0.3) is 5.91 Å².